The van der Waals surface area contributed by atoms with Crippen molar-refractivity contribution < 1.29 is 4.79 Å². The van der Waals surface area contributed by atoms with Gasteiger partial charge in [0.2, 0.25) is 5.91 Å². The lowest BCUT2D eigenvalue weighted by molar-refractivity contribution is -0.115. The van der Waals surface area contributed by atoms with Crippen molar-refractivity contribution in [1.29, 1.82) is 0 Å². The Labute approximate surface area is 124 Å². The molecule has 0 unspecified atom stereocenters. The SMILES string of the molecule is Cc1ccc2nc(NC(=O)[C@@H]3CSCCS3)sc2c1. The van der Waals surface area contributed by atoms with Gasteiger partial charge in [-0.25, -0.2) is 4.98 Å². The number of fused-ring (bicyclic) bond motifs is 1. The number of hydrogen-bond acceptors (Lipinski definition) is 5. The molecule has 1 aliphatic rings. The van der Waals surface area contributed by atoms with Crippen molar-refractivity contribution in [2.45, 2.75) is 12.2 Å². The Morgan fingerprint density at radius 1 is 1.42 bits per heavy atom. The highest BCUT2D eigenvalue weighted by Gasteiger charge is 2.23. The van der Waals surface area contributed by atoms with Crippen LogP contribution in [0.3, 0.4) is 0 Å². The number of aromatic nitrogens is 1. The van der Waals surface area contributed by atoms with Crippen LogP contribution in [0, 0.1) is 6.92 Å². The van der Waals surface area contributed by atoms with Crippen molar-refractivity contribution in [2.24, 2.45) is 0 Å². The van der Waals surface area contributed by atoms with Crippen molar-refractivity contribution in [3.8, 4) is 0 Å². The zero-order chi connectivity index (χ0) is 13.2. The number of anilines is 1. The van der Waals surface area contributed by atoms with Gasteiger partial charge in [-0.15, -0.1) is 11.8 Å². The fourth-order valence-electron chi connectivity index (χ4n) is 1.91. The van der Waals surface area contributed by atoms with E-state index in [0.29, 0.717) is 5.13 Å². The molecule has 1 N–H and O–H groups in total. The van der Waals surface area contributed by atoms with Crippen LogP contribution in [0.25, 0.3) is 10.2 Å². The molecule has 0 radical (unpaired) electrons. The van der Waals surface area contributed by atoms with Crippen LogP contribution < -0.4 is 5.32 Å². The lowest BCUT2D eigenvalue weighted by Crippen LogP contribution is -2.29. The number of amides is 1. The summed E-state index contributed by atoms with van der Waals surface area (Å²) in [5.74, 6) is 3.20. The quantitative estimate of drug-likeness (QED) is 0.923. The normalized spacial score (nSPS) is 19.5. The van der Waals surface area contributed by atoms with Gasteiger partial charge in [-0.3, -0.25) is 4.79 Å². The van der Waals surface area contributed by atoms with Crippen LogP contribution in [0.1, 0.15) is 5.56 Å². The predicted molar refractivity (Wildman–Crippen MR) is 86.6 cm³/mol. The van der Waals surface area contributed by atoms with E-state index in [9.17, 15) is 4.79 Å². The van der Waals surface area contributed by atoms with Gasteiger partial charge in [0.1, 0.15) is 0 Å². The standard InChI is InChI=1S/C13H14N2OS3/c1-8-2-3-9-10(6-8)19-13(14-9)15-12(16)11-7-17-4-5-18-11/h2-3,6,11H,4-5,7H2,1H3,(H,14,15,16)/t11-/m0/s1. The Hall–Kier alpha value is -0.720. The van der Waals surface area contributed by atoms with Crippen LogP contribution in [-0.2, 0) is 4.79 Å². The van der Waals surface area contributed by atoms with Crippen molar-refractivity contribution in [2.75, 3.05) is 22.6 Å². The van der Waals surface area contributed by atoms with Crippen LogP contribution in [0.4, 0.5) is 5.13 Å². The number of carbonyl (C=O) groups excluding carboxylic acids is 1. The Morgan fingerprint density at radius 3 is 3.11 bits per heavy atom. The van der Waals surface area contributed by atoms with Gasteiger partial charge < -0.3 is 5.32 Å². The van der Waals surface area contributed by atoms with Gasteiger partial charge in [-0.05, 0) is 24.6 Å². The van der Waals surface area contributed by atoms with Crippen molar-refractivity contribution in [1.82, 2.24) is 4.98 Å². The number of thiazole rings is 1. The zero-order valence-electron chi connectivity index (χ0n) is 10.5. The number of benzene rings is 1. The highest BCUT2D eigenvalue weighted by Crippen LogP contribution is 2.29. The molecule has 1 aromatic carbocycles. The smallest absolute Gasteiger partial charge is 0.240 e. The molecule has 0 aliphatic carbocycles. The number of nitrogens with one attached hydrogen (secondary N) is 1. The first kappa shape index (κ1) is 13.3. The van der Waals surface area contributed by atoms with Gasteiger partial charge in [-0.2, -0.15) is 11.8 Å². The maximum atomic E-state index is 12.1. The molecule has 0 spiro atoms. The molecule has 0 saturated carbocycles. The topological polar surface area (TPSA) is 42.0 Å². The van der Waals surface area contributed by atoms with E-state index < -0.39 is 0 Å². The molecule has 1 fully saturated rings. The average Bonchev–Trinajstić information content (AvgIpc) is 2.81. The lowest BCUT2D eigenvalue weighted by Gasteiger charge is -2.19. The first-order chi connectivity index (χ1) is 9.22. The Bertz CT molecular complexity index is 605. The second kappa shape index (κ2) is 5.73. The summed E-state index contributed by atoms with van der Waals surface area (Å²) in [6.45, 7) is 2.06. The van der Waals surface area contributed by atoms with E-state index >= 15 is 0 Å². The molecular formula is C13H14N2OS3. The van der Waals surface area contributed by atoms with Crippen LogP contribution >= 0.6 is 34.9 Å². The second-order valence-electron chi connectivity index (χ2n) is 4.41. The van der Waals surface area contributed by atoms with Gasteiger partial charge >= 0.3 is 0 Å². The van der Waals surface area contributed by atoms with Crippen molar-refractivity contribution >= 4 is 56.1 Å². The summed E-state index contributed by atoms with van der Waals surface area (Å²) in [5, 5.41) is 3.73. The molecule has 100 valence electrons. The predicted octanol–water partition coefficient (Wildman–Crippen LogP) is 3.39. The molecule has 1 amide bonds. The molecular weight excluding hydrogens is 296 g/mol. The molecule has 0 bridgehead atoms. The number of nitrogens with zero attached hydrogens (tertiary/aromatic N) is 1. The summed E-state index contributed by atoms with van der Waals surface area (Å²) in [6, 6.07) is 6.15. The van der Waals surface area contributed by atoms with Crippen molar-refractivity contribution in [3.63, 3.8) is 0 Å². The van der Waals surface area contributed by atoms with E-state index in [1.54, 1.807) is 23.1 Å². The monoisotopic (exact) mass is 310 g/mol. The summed E-state index contributed by atoms with van der Waals surface area (Å²) in [6.07, 6.45) is 0. The highest BCUT2D eigenvalue weighted by molar-refractivity contribution is 8.07. The lowest BCUT2D eigenvalue weighted by atomic mass is 10.2. The first-order valence-corrected chi connectivity index (χ1v) is 9.12. The molecule has 1 saturated heterocycles. The number of aryl methyl sites for hydroxylation is 1. The van der Waals surface area contributed by atoms with E-state index in [1.165, 1.54) is 5.56 Å². The number of carbonyl (C=O) groups is 1. The number of hydrogen-bond donors (Lipinski definition) is 1. The van der Waals surface area contributed by atoms with Gasteiger partial charge in [0.05, 0.1) is 15.5 Å². The Balaban J connectivity index is 1.75. The largest absolute Gasteiger partial charge is 0.301 e. The van der Waals surface area contributed by atoms with E-state index in [4.69, 9.17) is 0 Å². The summed E-state index contributed by atoms with van der Waals surface area (Å²) < 4.78 is 1.13. The number of thioether (sulfide) groups is 2. The molecule has 1 aliphatic heterocycles. The third-order valence-electron chi connectivity index (χ3n) is 2.88. The maximum Gasteiger partial charge on any atom is 0.240 e. The minimum Gasteiger partial charge on any atom is -0.301 e. The minimum atomic E-state index is 0.0625. The maximum absolute atomic E-state index is 12.1. The van der Waals surface area contributed by atoms with Crippen LogP contribution in [0.2, 0.25) is 0 Å². The molecule has 2 aromatic rings. The van der Waals surface area contributed by atoms with Gasteiger partial charge in [0, 0.05) is 17.3 Å². The molecule has 3 nitrogen and oxygen atoms in total. The third kappa shape index (κ3) is 3.07. The van der Waals surface area contributed by atoms with E-state index in [1.807, 2.05) is 23.9 Å². The van der Waals surface area contributed by atoms with Crippen molar-refractivity contribution in [3.05, 3.63) is 23.8 Å². The summed E-state index contributed by atoms with van der Waals surface area (Å²) in [5.41, 5.74) is 2.17. The van der Waals surface area contributed by atoms with Crippen LogP contribution in [0.15, 0.2) is 18.2 Å². The van der Waals surface area contributed by atoms with E-state index in [2.05, 4.69) is 23.3 Å². The van der Waals surface area contributed by atoms with Gasteiger partial charge in [-0.1, -0.05) is 17.4 Å². The van der Waals surface area contributed by atoms with E-state index in [0.717, 1.165) is 27.5 Å². The molecule has 1 atom stereocenters. The molecule has 1 aromatic heterocycles. The molecule has 6 heteroatoms. The Kier molecular flexibility index (Phi) is 4.00. The minimum absolute atomic E-state index is 0.0625. The van der Waals surface area contributed by atoms with Gasteiger partial charge in [0.25, 0.3) is 0 Å². The van der Waals surface area contributed by atoms with Gasteiger partial charge in [0.15, 0.2) is 5.13 Å². The summed E-state index contributed by atoms with van der Waals surface area (Å²) in [7, 11) is 0. The second-order valence-corrected chi connectivity index (χ2v) is 7.90. The van der Waals surface area contributed by atoms with E-state index in [-0.39, 0.29) is 11.2 Å². The first-order valence-electron chi connectivity index (χ1n) is 6.10. The fourth-order valence-corrected chi connectivity index (χ4v) is 5.43. The fraction of sp³-hybridized carbons (Fsp3) is 0.385. The zero-order valence-corrected chi connectivity index (χ0v) is 13.0. The summed E-state index contributed by atoms with van der Waals surface area (Å²) >= 11 is 5.14. The Morgan fingerprint density at radius 2 is 2.32 bits per heavy atom. The highest BCUT2D eigenvalue weighted by atomic mass is 32.2. The molecule has 2 heterocycles. The third-order valence-corrected chi connectivity index (χ3v) is 6.57. The number of rotatable bonds is 2. The average molecular weight is 310 g/mol. The van der Waals surface area contributed by atoms with Crippen LogP contribution in [-0.4, -0.2) is 33.4 Å². The van der Waals surface area contributed by atoms with Crippen LogP contribution in [0.5, 0.6) is 0 Å². The summed E-state index contributed by atoms with van der Waals surface area (Å²) in [4.78, 5) is 16.6. The molecule has 19 heavy (non-hydrogen) atoms. The molecule has 3 rings (SSSR count).